The summed E-state index contributed by atoms with van der Waals surface area (Å²) in [6.07, 6.45) is 1.59. The summed E-state index contributed by atoms with van der Waals surface area (Å²) in [4.78, 5) is 22.0. The van der Waals surface area contributed by atoms with E-state index in [1.807, 2.05) is 0 Å². The molecule has 5 heteroatoms. The topological polar surface area (TPSA) is 72.8 Å². The highest BCUT2D eigenvalue weighted by atomic mass is 16.5. The van der Waals surface area contributed by atoms with Gasteiger partial charge in [-0.05, 0) is 20.3 Å². The van der Waals surface area contributed by atoms with Gasteiger partial charge in [0.2, 0.25) is 0 Å². The summed E-state index contributed by atoms with van der Waals surface area (Å²) in [6.45, 7) is 5.12. The van der Waals surface area contributed by atoms with E-state index in [4.69, 9.17) is 9.84 Å². The minimum absolute atomic E-state index is 0.0705. The second kappa shape index (κ2) is 7.87. The monoisotopic (exact) mass is 230 g/mol. The fourth-order valence-corrected chi connectivity index (χ4v) is 0.752. The lowest BCUT2D eigenvalue weighted by atomic mass is 10.3. The van der Waals surface area contributed by atoms with Gasteiger partial charge in [0.25, 0.3) is 0 Å². The molecule has 0 aliphatic heterocycles. The van der Waals surface area contributed by atoms with Crippen LogP contribution in [-0.4, -0.2) is 35.9 Å². The van der Waals surface area contributed by atoms with E-state index in [1.165, 1.54) is 0 Å². The lowest BCUT2D eigenvalue weighted by Crippen LogP contribution is -2.16. The predicted octanol–water partition coefficient (Wildman–Crippen LogP) is 0.808. The molecule has 0 aromatic rings. The molecule has 16 heavy (non-hydrogen) atoms. The molecule has 92 valence electrons. The molecule has 0 spiro atoms. The zero-order valence-corrected chi connectivity index (χ0v) is 9.80. The summed E-state index contributed by atoms with van der Waals surface area (Å²) >= 11 is 0. The SMILES string of the molecule is CCC(O)COC(=O)C=CC(=O)OC(C)C. The highest BCUT2D eigenvalue weighted by Crippen LogP contribution is 1.94. The van der Waals surface area contributed by atoms with E-state index < -0.39 is 18.0 Å². The Hall–Kier alpha value is -1.36. The molecular formula is C11H18O5. The zero-order valence-electron chi connectivity index (χ0n) is 9.80. The Labute approximate surface area is 95.0 Å². The summed E-state index contributed by atoms with van der Waals surface area (Å²) < 4.78 is 9.43. The molecule has 0 saturated heterocycles. The predicted molar refractivity (Wildman–Crippen MR) is 57.6 cm³/mol. The smallest absolute Gasteiger partial charge is 0.331 e. The standard InChI is InChI=1S/C11H18O5/c1-4-9(12)7-15-10(13)5-6-11(14)16-8(2)3/h5-6,8-9,12H,4,7H2,1-3H3. The molecule has 1 atom stereocenters. The van der Waals surface area contributed by atoms with Crippen LogP contribution in [0, 0.1) is 0 Å². The Kier molecular flexibility index (Phi) is 7.20. The van der Waals surface area contributed by atoms with Crippen LogP contribution < -0.4 is 0 Å². The van der Waals surface area contributed by atoms with E-state index in [1.54, 1.807) is 20.8 Å². The Morgan fingerprint density at radius 2 is 1.81 bits per heavy atom. The first-order valence-corrected chi connectivity index (χ1v) is 5.19. The van der Waals surface area contributed by atoms with Crippen molar-refractivity contribution in [2.24, 2.45) is 0 Å². The van der Waals surface area contributed by atoms with Gasteiger partial charge in [-0.2, -0.15) is 0 Å². The first-order valence-electron chi connectivity index (χ1n) is 5.19. The molecular weight excluding hydrogens is 212 g/mol. The normalized spacial score (nSPS) is 12.8. The first-order chi connectivity index (χ1) is 7.45. The van der Waals surface area contributed by atoms with Crippen molar-refractivity contribution >= 4 is 11.9 Å². The summed E-state index contributed by atoms with van der Waals surface area (Å²) in [6, 6.07) is 0. The summed E-state index contributed by atoms with van der Waals surface area (Å²) in [7, 11) is 0. The van der Waals surface area contributed by atoms with Gasteiger partial charge in [0.05, 0.1) is 12.2 Å². The maximum atomic E-state index is 11.0. The van der Waals surface area contributed by atoms with E-state index in [-0.39, 0.29) is 12.7 Å². The molecule has 0 aromatic carbocycles. The van der Waals surface area contributed by atoms with Crippen LogP contribution >= 0.6 is 0 Å². The molecule has 0 fully saturated rings. The van der Waals surface area contributed by atoms with E-state index in [2.05, 4.69) is 4.74 Å². The number of esters is 2. The average molecular weight is 230 g/mol. The maximum absolute atomic E-state index is 11.0. The Balaban J connectivity index is 3.86. The fourth-order valence-electron chi connectivity index (χ4n) is 0.752. The van der Waals surface area contributed by atoms with Gasteiger partial charge in [-0.3, -0.25) is 0 Å². The van der Waals surface area contributed by atoms with Crippen molar-refractivity contribution in [1.82, 2.24) is 0 Å². The van der Waals surface area contributed by atoms with Crippen LogP contribution in [0.2, 0.25) is 0 Å². The van der Waals surface area contributed by atoms with Crippen molar-refractivity contribution in [2.45, 2.75) is 39.4 Å². The lowest BCUT2D eigenvalue weighted by Gasteiger charge is -2.07. The third kappa shape index (κ3) is 7.99. The number of ether oxygens (including phenoxy) is 2. The van der Waals surface area contributed by atoms with Crippen molar-refractivity contribution in [3.63, 3.8) is 0 Å². The third-order valence-electron chi connectivity index (χ3n) is 1.60. The maximum Gasteiger partial charge on any atom is 0.331 e. The van der Waals surface area contributed by atoms with Crippen LogP contribution in [0.15, 0.2) is 12.2 Å². The van der Waals surface area contributed by atoms with Crippen molar-refractivity contribution in [3.05, 3.63) is 12.2 Å². The number of hydrogen-bond acceptors (Lipinski definition) is 5. The van der Waals surface area contributed by atoms with E-state index >= 15 is 0 Å². The van der Waals surface area contributed by atoms with Crippen molar-refractivity contribution in [1.29, 1.82) is 0 Å². The largest absolute Gasteiger partial charge is 0.460 e. The van der Waals surface area contributed by atoms with Crippen LogP contribution in [0.25, 0.3) is 0 Å². The average Bonchev–Trinajstić information content (AvgIpc) is 2.22. The second-order valence-corrected chi connectivity index (χ2v) is 3.51. The van der Waals surface area contributed by atoms with Crippen LogP contribution in [0.3, 0.4) is 0 Å². The number of aliphatic hydroxyl groups is 1. The molecule has 5 nitrogen and oxygen atoms in total. The molecule has 0 bridgehead atoms. The number of carbonyl (C=O) groups excluding carboxylic acids is 2. The zero-order chi connectivity index (χ0) is 12.6. The summed E-state index contributed by atoms with van der Waals surface area (Å²) in [5.41, 5.74) is 0. The fraction of sp³-hybridized carbons (Fsp3) is 0.636. The van der Waals surface area contributed by atoms with Gasteiger partial charge in [0, 0.05) is 12.2 Å². The van der Waals surface area contributed by atoms with Crippen LogP contribution in [-0.2, 0) is 19.1 Å². The van der Waals surface area contributed by atoms with Crippen LogP contribution in [0.1, 0.15) is 27.2 Å². The summed E-state index contributed by atoms with van der Waals surface area (Å²) in [5.74, 6) is -1.27. The molecule has 0 saturated carbocycles. The molecule has 0 aromatic heterocycles. The number of rotatable bonds is 6. The van der Waals surface area contributed by atoms with Gasteiger partial charge < -0.3 is 14.6 Å². The Morgan fingerprint density at radius 3 is 2.31 bits per heavy atom. The van der Waals surface area contributed by atoms with Crippen molar-refractivity contribution in [3.8, 4) is 0 Å². The summed E-state index contributed by atoms with van der Waals surface area (Å²) in [5, 5.41) is 9.11. The molecule has 0 aliphatic rings. The highest BCUT2D eigenvalue weighted by Gasteiger charge is 2.05. The van der Waals surface area contributed by atoms with Gasteiger partial charge in [-0.1, -0.05) is 6.92 Å². The van der Waals surface area contributed by atoms with Gasteiger partial charge in [0.15, 0.2) is 0 Å². The molecule has 1 N–H and O–H groups in total. The van der Waals surface area contributed by atoms with Gasteiger partial charge in [0.1, 0.15) is 6.61 Å². The number of aliphatic hydroxyl groups excluding tert-OH is 1. The first kappa shape index (κ1) is 14.6. The van der Waals surface area contributed by atoms with Crippen LogP contribution in [0.5, 0.6) is 0 Å². The third-order valence-corrected chi connectivity index (χ3v) is 1.60. The van der Waals surface area contributed by atoms with Crippen LogP contribution in [0.4, 0.5) is 0 Å². The van der Waals surface area contributed by atoms with Crippen molar-refractivity contribution in [2.75, 3.05) is 6.61 Å². The Bertz CT molecular complexity index is 257. The molecule has 0 amide bonds. The van der Waals surface area contributed by atoms with E-state index in [0.29, 0.717) is 6.42 Å². The van der Waals surface area contributed by atoms with E-state index in [0.717, 1.165) is 12.2 Å². The number of hydrogen-bond donors (Lipinski definition) is 1. The number of carbonyl (C=O) groups is 2. The van der Waals surface area contributed by atoms with Gasteiger partial charge in [-0.25, -0.2) is 9.59 Å². The quantitative estimate of drug-likeness (QED) is 0.540. The minimum atomic E-state index is -0.673. The van der Waals surface area contributed by atoms with Crippen molar-refractivity contribution < 1.29 is 24.2 Å². The molecule has 1 unspecified atom stereocenters. The molecule has 0 aliphatic carbocycles. The Morgan fingerprint density at radius 1 is 1.25 bits per heavy atom. The van der Waals surface area contributed by atoms with E-state index in [9.17, 15) is 9.59 Å². The second-order valence-electron chi connectivity index (χ2n) is 3.51. The molecule has 0 radical (unpaired) electrons. The molecule has 0 heterocycles. The van der Waals surface area contributed by atoms with Gasteiger partial charge >= 0.3 is 11.9 Å². The molecule has 0 rings (SSSR count). The van der Waals surface area contributed by atoms with Gasteiger partial charge in [-0.15, -0.1) is 0 Å². The highest BCUT2D eigenvalue weighted by molar-refractivity contribution is 5.91. The lowest BCUT2D eigenvalue weighted by molar-refractivity contribution is -0.143. The minimum Gasteiger partial charge on any atom is -0.460 e.